The van der Waals surface area contributed by atoms with Gasteiger partial charge in [0.05, 0.1) is 25.8 Å². The Morgan fingerprint density at radius 1 is 1.16 bits per heavy atom. The summed E-state index contributed by atoms with van der Waals surface area (Å²) >= 11 is 0. The summed E-state index contributed by atoms with van der Waals surface area (Å²) in [5.74, 6) is 2.69. The van der Waals surface area contributed by atoms with E-state index in [4.69, 9.17) is 14.7 Å². The molecule has 0 bridgehead atoms. The van der Waals surface area contributed by atoms with Crippen molar-refractivity contribution in [3.8, 4) is 5.75 Å². The monoisotopic (exact) mass is 437 g/mol. The summed E-state index contributed by atoms with van der Waals surface area (Å²) < 4.78 is 5.20. The van der Waals surface area contributed by atoms with Crippen molar-refractivity contribution in [1.29, 1.82) is 0 Å². The zero-order valence-electron chi connectivity index (χ0n) is 19.1. The molecule has 0 radical (unpaired) electrons. The first kappa shape index (κ1) is 22.0. The van der Waals surface area contributed by atoms with Gasteiger partial charge in [-0.15, -0.1) is 0 Å². The highest BCUT2D eigenvalue weighted by Gasteiger charge is 2.29. The first-order chi connectivity index (χ1) is 15.5. The van der Waals surface area contributed by atoms with Crippen LogP contribution in [-0.2, 0) is 29.0 Å². The second-order valence-corrected chi connectivity index (χ2v) is 8.50. The number of nitrogens with zero attached hydrogens (tertiary/aromatic N) is 4. The normalized spacial score (nSPS) is 18.2. The van der Waals surface area contributed by atoms with E-state index in [0.717, 1.165) is 60.0 Å². The maximum absolute atomic E-state index is 13.0. The van der Waals surface area contributed by atoms with Crippen molar-refractivity contribution in [2.75, 3.05) is 39.1 Å². The van der Waals surface area contributed by atoms with Crippen LogP contribution in [0.3, 0.4) is 0 Å². The number of carbonyl (C=O) groups is 2. The maximum atomic E-state index is 13.0. The van der Waals surface area contributed by atoms with Crippen LogP contribution in [0, 0.1) is 0 Å². The van der Waals surface area contributed by atoms with Gasteiger partial charge in [-0.1, -0.05) is 12.1 Å². The predicted molar refractivity (Wildman–Crippen MR) is 122 cm³/mol. The van der Waals surface area contributed by atoms with Gasteiger partial charge in [0.15, 0.2) is 0 Å². The van der Waals surface area contributed by atoms with Crippen molar-refractivity contribution >= 4 is 17.6 Å². The molecule has 32 heavy (non-hydrogen) atoms. The van der Waals surface area contributed by atoms with Crippen molar-refractivity contribution in [2.24, 2.45) is 0 Å². The Labute approximate surface area is 189 Å². The third-order valence-electron chi connectivity index (χ3n) is 6.41. The molecule has 2 aliphatic heterocycles. The van der Waals surface area contributed by atoms with Gasteiger partial charge in [0.1, 0.15) is 17.4 Å². The fourth-order valence-electron chi connectivity index (χ4n) is 4.54. The Kier molecular flexibility index (Phi) is 6.58. The average Bonchev–Trinajstić information content (AvgIpc) is 2.83. The number of carbonyl (C=O) groups excluding carboxylic acids is 2. The number of methoxy groups -OCH3 is 1. The first-order valence-electron chi connectivity index (χ1n) is 11.2. The molecular weight excluding hydrogens is 406 g/mol. The molecule has 3 heterocycles. The lowest BCUT2D eigenvalue weighted by Gasteiger charge is -2.33. The zero-order valence-corrected chi connectivity index (χ0v) is 19.1. The Morgan fingerprint density at radius 3 is 2.62 bits per heavy atom. The minimum atomic E-state index is 0.0695. The van der Waals surface area contributed by atoms with Crippen LogP contribution in [0.2, 0.25) is 0 Å². The van der Waals surface area contributed by atoms with Gasteiger partial charge in [-0.05, 0) is 30.5 Å². The second-order valence-electron chi connectivity index (χ2n) is 8.50. The van der Waals surface area contributed by atoms with Crippen LogP contribution in [-0.4, -0.2) is 65.4 Å². The van der Waals surface area contributed by atoms with Crippen LogP contribution >= 0.6 is 0 Å². The summed E-state index contributed by atoms with van der Waals surface area (Å²) in [6.45, 7) is 4.22. The number of aromatic nitrogens is 2. The maximum Gasteiger partial charge on any atom is 0.227 e. The van der Waals surface area contributed by atoms with Gasteiger partial charge in [0.25, 0.3) is 0 Å². The van der Waals surface area contributed by atoms with E-state index in [1.807, 2.05) is 41.1 Å². The van der Waals surface area contributed by atoms with Crippen LogP contribution in [0.15, 0.2) is 24.3 Å². The summed E-state index contributed by atoms with van der Waals surface area (Å²) in [5.41, 5.74) is 3.00. The van der Waals surface area contributed by atoms with Crippen LogP contribution in [0.5, 0.6) is 5.75 Å². The summed E-state index contributed by atoms with van der Waals surface area (Å²) in [7, 11) is 3.49. The number of benzene rings is 1. The lowest BCUT2D eigenvalue weighted by atomic mass is 9.95. The molecule has 8 heteroatoms. The molecule has 170 valence electrons. The average molecular weight is 438 g/mol. The molecule has 1 atom stereocenters. The van der Waals surface area contributed by atoms with Gasteiger partial charge < -0.3 is 19.9 Å². The van der Waals surface area contributed by atoms with Crippen molar-refractivity contribution in [3.05, 3.63) is 46.9 Å². The van der Waals surface area contributed by atoms with Crippen LogP contribution in [0.4, 0.5) is 5.82 Å². The van der Waals surface area contributed by atoms with Gasteiger partial charge in [-0.25, -0.2) is 9.97 Å². The van der Waals surface area contributed by atoms with Crippen molar-refractivity contribution in [2.45, 2.75) is 45.1 Å². The van der Waals surface area contributed by atoms with Crippen LogP contribution in [0.25, 0.3) is 0 Å². The van der Waals surface area contributed by atoms with Gasteiger partial charge in [0.2, 0.25) is 11.8 Å². The molecule has 2 aromatic rings. The number of fused-ring (bicyclic) bond motifs is 1. The molecule has 0 aliphatic carbocycles. The van der Waals surface area contributed by atoms with Crippen LogP contribution in [0.1, 0.15) is 48.3 Å². The van der Waals surface area contributed by atoms with Gasteiger partial charge in [-0.2, -0.15) is 0 Å². The molecule has 4 rings (SSSR count). The number of nitrogens with one attached hydrogen (secondary N) is 1. The third-order valence-corrected chi connectivity index (χ3v) is 6.41. The molecule has 0 unspecified atom stereocenters. The van der Waals surface area contributed by atoms with E-state index in [-0.39, 0.29) is 17.7 Å². The summed E-state index contributed by atoms with van der Waals surface area (Å²) in [5, 5.41) is 3.19. The molecule has 1 fully saturated rings. The number of anilines is 1. The third kappa shape index (κ3) is 4.69. The first-order valence-corrected chi connectivity index (χ1v) is 11.2. The molecule has 1 aromatic heterocycles. The number of rotatable bonds is 5. The number of piperidine rings is 1. The van der Waals surface area contributed by atoms with E-state index in [0.29, 0.717) is 26.1 Å². The van der Waals surface area contributed by atoms with E-state index >= 15 is 0 Å². The van der Waals surface area contributed by atoms with E-state index in [1.165, 1.54) is 0 Å². The number of likely N-dealkylation sites (tertiary alicyclic amines) is 1. The smallest absolute Gasteiger partial charge is 0.227 e. The van der Waals surface area contributed by atoms with Gasteiger partial charge in [0, 0.05) is 51.5 Å². The lowest BCUT2D eigenvalue weighted by Crippen LogP contribution is -2.41. The standard InChI is InChI=1S/C24H31N5O3/c1-16(30)28-12-10-21-20(15-28)24(25-2)27-23(26-21)18-5-4-11-29(14-18)22(31)13-17-6-8-19(32-3)9-7-17/h6-9,18H,4-5,10-15H2,1-3H3,(H,25,26,27)/t18-/m1/s1. The van der Waals surface area contributed by atoms with E-state index < -0.39 is 0 Å². The minimum absolute atomic E-state index is 0.0695. The largest absolute Gasteiger partial charge is 0.497 e. The lowest BCUT2D eigenvalue weighted by molar-refractivity contribution is -0.131. The minimum Gasteiger partial charge on any atom is -0.497 e. The van der Waals surface area contributed by atoms with E-state index in [2.05, 4.69) is 5.32 Å². The van der Waals surface area contributed by atoms with E-state index in [9.17, 15) is 9.59 Å². The zero-order chi connectivity index (χ0) is 22.7. The highest BCUT2D eigenvalue weighted by atomic mass is 16.5. The Morgan fingerprint density at radius 2 is 1.94 bits per heavy atom. The topological polar surface area (TPSA) is 87.7 Å². The highest BCUT2D eigenvalue weighted by Crippen LogP contribution is 2.30. The van der Waals surface area contributed by atoms with Crippen molar-refractivity contribution < 1.29 is 14.3 Å². The fourth-order valence-corrected chi connectivity index (χ4v) is 4.54. The number of ether oxygens (including phenoxy) is 1. The molecule has 0 saturated carbocycles. The summed E-state index contributed by atoms with van der Waals surface area (Å²) in [6.07, 6.45) is 3.01. The molecule has 0 spiro atoms. The molecule has 2 amide bonds. The molecule has 2 aliphatic rings. The summed E-state index contributed by atoms with van der Waals surface area (Å²) in [6, 6.07) is 7.65. The summed E-state index contributed by atoms with van der Waals surface area (Å²) in [4.78, 5) is 38.2. The van der Waals surface area contributed by atoms with Crippen LogP contribution < -0.4 is 10.1 Å². The molecule has 1 aromatic carbocycles. The van der Waals surface area contributed by atoms with Crippen molar-refractivity contribution in [3.63, 3.8) is 0 Å². The molecule has 1 saturated heterocycles. The van der Waals surface area contributed by atoms with Gasteiger partial charge in [-0.3, -0.25) is 9.59 Å². The Hall–Kier alpha value is -3.16. The Balaban J connectivity index is 1.48. The molecular formula is C24H31N5O3. The fraction of sp³-hybridized carbons (Fsp3) is 0.500. The highest BCUT2D eigenvalue weighted by molar-refractivity contribution is 5.79. The van der Waals surface area contributed by atoms with Crippen molar-refractivity contribution in [1.82, 2.24) is 19.8 Å². The quantitative estimate of drug-likeness (QED) is 0.773. The SMILES string of the molecule is CNc1nc([C@@H]2CCCN(C(=O)Cc3ccc(OC)cc3)C2)nc2c1CN(C(C)=O)CC2. The number of hydrogen-bond donors (Lipinski definition) is 1. The number of amides is 2. The Bertz CT molecular complexity index is 975. The van der Waals surface area contributed by atoms with Gasteiger partial charge >= 0.3 is 0 Å². The van der Waals surface area contributed by atoms with E-state index in [1.54, 1.807) is 14.0 Å². The predicted octanol–water partition coefficient (Wildman–Crippen LogP) is 2.38. The number of hydrogen-bond acceptors (Lipinski definition) is 6. The molecule has 1 N–H and O–H groups in total. The molecule has 8 nitrogen and oxygen atoms in total. The second kappa shape index (κ2) is 9.54.